The summed E-state index contributed by atoms with van der Waals surface area (Å²) in [5.74, 6) is 2.53. The van der Waals surface area contributed by atoms with E-state index in [1.54, 1.807) is 6.20 Å². The fraction of sp³-hybridized carbons (Fsp3) is 0.385. The van der Waals surface area contributed by atoms with E-state index in [-0.39, 0.29) is 6.42 Å². The Morgan fingerprint density at radius 2 is 2.22 bits per heavy atom. The zero-order chi connectivity index (χ0) is 13.5. The smallest absolute Gasteiger partial charge is 0.305 e. The molecule has 5 nitrogen and oxygen atoms in total. The Morgan fingerprint density at radius 1 is 1.50 bits per heavy atom. The summed E-state index contributed by atoms with van der Waals surface area (Å²) >= 11 is 0. The van der Waals surface area contributed by atoms with Gasteiger partial charge in [0.25, 0.3) is 0 Å². The van der Waals surface area contributed by atoms with Crippen LogP contribution < -0.4 is 9.80 Å². The van der Waals surface area contributed by atoms with E-state index in [2.05, 4.69) is 10.9 Å². The maximum atomic E-state index is 10.6. The first-order valence-corrected chi connectivity index (χ1v) is 5.58. The van der Waals surface area contributed by atoms with Gasteiger partial charge >= 0.3 is 5.97 Å². The predicted molar refractivity (Wildman–Crippen MR) is 71.9 cm³/mol. The van der Waals surface area contributed by atoms with E-state index >= 15 is 0 Å². The molecule has 0 aliphatic rings. The summed E-state index contributed by atoms with van der Waals surface area (Å²) in [5, 5.41) is 8.69. The Hall–Kier alpha value is -2.22. The van der Waals surface area contributed by atoms with Gasteiger partial charge < -0.3 is 14.9 Å². The van der Waals surface area contributed by atoms with Crippen molar-refractivity contribution in [3.63, 3.8) is 0 Å². The maximum Gasteiger partial charge on any atom is 0.305 e. The standard InChI is InChI=1S/C13H17N3O2/c1-4-8-16(9-7-13(17)18)11-5-6-12(14-10-11)15(2)3/h1,5-6,10H,7-9H2,2-3H3,(H,17,18). The van der Waals surface area contributed by atoms with Crippen LogP contribution >= 0.6 is 0 Å². The molecule has 1 heterocycles. The molecule has 1 aromatic heterocycles. The van der Waals surface area contributed by atoms with Crippen molar-refractivity contribution in [2.45, 2.75) is 6.42 Å². The van der Waals surface area contributed by atoms with Crippen molar-refractivity contribution < 1.29 is 9.90 Å². The molecule has 0 amide bonds. The van der Waals surface area contributed by atoms with Gasteiger partial charge in [-0.15, -0.1) is 6.42 Å². The third-order valence-electron chi connectivity index (χ3n) is 2.43. The van der Waals surface area contributed by atoms with Crippen molar-refractivity contribution >= 4 is 17.5 Å². The van der Waals surface area contributed by atoms with Crippen LogP contribution in [0.5, 0.6) is 0 Å². The van der Waals surface area contributed by atoms with E-state index in [0.717, 1.165) is 11.5 Å². The van der Waals surface area contributed by atoms with E-state index in [1.165, 1.54) is 0 Å². The zero-order valence-electron chi connectivity index (χ0n) is 10.6. The second-order valence-corrected chi connectivity index (χ2v) is 4.04. The number of rotatable bonds is 6. The molecular formula is C13H17N3O2. The van der Waals surface area contributed by atoms with Crippen LogP contribution in [0.3, 0.4) is 0 Å². The maximum absolute atomic E-state index is 10.6. The number of hydrogen-bond donors (Lipinski definition) is 1. The Bertz CT molecular complexity index is 435. The van der Waals surface area contributed by atoms with Crippen molar-refractivity contribution in [3.05, 3.63) is 18.3 Å². The lowest BCUT2D eigenvalue weighted by atomic mass is 10.3. The van der Waals surface area contributed by atoms with E-state index in [9.17, 15) is 4.79 Å². The zero-order valence-corrected chi connectivity index (χ0v) is 10.6. The fourth-order valence-electron chi connectivity index (χ4n) is 1.47. The van der Waals surface area contributed by atoms with Crippen LogP contribution in [0.25, 0.3) is 0 Å². The van der Waals surface area contributed by atoms with Crippen molar-refractivity contribution in [1.29, 1.82) is 0 Å². The Kier molecular flexibility index (Phi) is 5.00. The van der Waals surface area contributed by atoms with Crippen LogP contribution in [0.15, 0.2) is 18.3 Å². The van der Waals surface area contributed by atoms with Gasteiger partial charge in [-0.25, -0.2) is 4.98 Å². The number of aliphatic carboxylic acids is 1. The summed E-state index contributed by atoms with van der Waals surface area (Å²) in [6, 6.07) is 3.77. The summed E-state index contributed by atoms with van der Waals surface area (Å²) < 4.78 is 0. The van der Waals surface area contributed by atoms with Gasteiger partial charge in [0.05, 0.1) is 24.8 Å². The molecule has 1 rings (SSSR count). The van der Waals surface area contributed by atoms with Gasteiger partial charge in [-0.1, -0.05) is 5.92 Å². The number of nitrogens with zero attached hydrogens (tertiary/aromatic N) is 3. The van der Waals surface area contributed by atoms with Gasteiger partial charge in [0.1, 0.15) is 5.82 Å². The Morgan fingerprint density at radius 3 is 2.67 bits per heavy atom. The molecule has 0 atom stereocenters. The topological polar surface area (TPSA) is 56.7 Å². The van der Waals surface area contributed by atoms with Crippen molar-refractivity contribution in [1.82, 2.24) is 4.98 Å². The number of carboxylic acid groups (broad SMARTS) is 1. The van der Waals surface area contributed by atoms with Crippen LogP contribution in [-0.2, 0) is 4.79 Å². The summed E-state index contributed by atoms with van der Waals surface area (Å²) in [6.07, 6.45) is 7.04. The molecule has 0 aliphatic carbocycles. The second-order valence-electron chi connectivity index (χ2n) is 4.04. The van der Waals surface area contributed by atoms with E-state index in [4.69, 9.17) is 11.5 Å². The van der Waals surface area contributed by atoms with Crippen LogP contribution in [0.1, 0.15) is 6.42 Å². The lowest BCUT2D eigenvalue weighted by molar-refractivity contribution is -0.136. The average Bonchev–Trinajstić information content (AvgIpc) is 2.34. The number of carboxylic acids is 1. The molecular weight excluding hydrogens is 230 g/mol. The molecule has 0 spiro atoms. The molecule has 0 aromatic carbocycles. The number of anilines is 2. The first kappa shape index (κ1) is 13.8. The summed E-state index contributed by atoms with van der Waals surface area (Å²) in [6.45, 7) is 0.749. The number of carbonyl (C=O) groups is 1. The summed E-state index contributed by atoms with van der Waals surface area (Å²) in [4.78, 5) is 18.6. The first-order valence-electron chi connectivity index (χ1n) is 5.58. The molecule has 0 radical (unpaired) electrons. The first-order chi connectivity index (χ1) is 8.54. The van der Waals surface area contributed by atoms with Crippen LogP contribution in [-0.4, -0.2) is 43.2 Å². The van der Waals surface area contributed by atoms with Crippen LogP contribution in [0.2, 0.25) is 0 Å². The highest BCUT2D eigenvalue weighted by Crippen LogP contribution is 2.16. The Balaban J connectivity index is 2.79. The monoisotopic (exact) mass is 247 g/mol. The van der Waals surface area contributed by atoms with Crippen molar-refractivity contribution in [2.24, 2.45) is 0 Å². The third-order valence-corrected chi connectivity index (χ3v) is 2.43. The molecule has 0 saturated heterocycles. The number of pyridine rings is 1. The molecule has 1 N–H and O–H groups in total. The van der Waals surface area contributed by atoms with E-state index in [0.29, 0.717) is 13.1 Å². The van der Waals surface area contributed by atoms with Gasteiger partial charge in [0, 0.05) is 20.6 Å². The quantitative estimate of drug-likeness (QED) is 0.762. The Labute approximate surface area is 107 Å². The molecule has 0 bridgehead atoms. The van der Waals surface area contributed by atoms with Gasteiger partial charge in [0.2, 0.25) is 0 Å². The molecule has 1 aromatic rings. The number of hydrogen-bond acceptors (Lipinski definition) is 4. The third kappa shape index (κ3) is 3.98. The molecule has 0 saturated carbocycles. The minimum Gasteiger partial charge on any atom is -0.481 e. The summed E-state index contributed by atoms with van der Waals surface area (Å²) in [7, 11) is 3.82. The molecule has 0 aliphatic heterocycles. The molecule has 18 heavy (non-hydrogen) atoms. The average molecular weight is 247 g/mol. The predicted octanol–water partition coefficient (Wildman–Crippen LogP) is 1.06. The van der Waals surface area contributed by atoms with Crippen molar-refractivity contribution in [2.75, 3.05) is 37.0 Å². The van der Waals surface area contributed by atoms with Gasteiger partial charge in [-0.3, -0.25) is 4.79 Å². The van der Waals surface area contributed by atoms with Crippen molar-refractivity contribution in [3.8, 4) is 12.3 Å². The molecule has 5 heteroatoms. The fourth-order valence-corrected chi connectivity index (χ4v) is 1.47. The molecule has 0 fully saturated rings. The van der Waals surface area contributed by atoms with E-state index < -0.39 is 5.97 Å². The largest absolute Gasteiger partial charge is 0.481 e. The minimum atomic E-state index is -0.838. The minimum absolute atomic E-state index is 0.0527. The van der Waals surface area contributed by atoms with Crippen LogP contribution in [0, 0.1) is 12.3 Å². The van der Waals surface area contributed by atoms with E-state index in [1.807, 2.05) is 36.0 Å². The lowest BCUT2D eigenvalue weighted by Gasteiger charge is -2.22. The highest BCUT2D eigenvalue weighted by atomic mass is 16.4. The highest BCUT2D eigenvalue weighted by Gasteiger charge is 2.08. The normalized spacial score (nSPS) is 9.61. The lowest BCUT2D eigenvalue weighted by Crippen LogP contribution is -2.26. The second kappa shape index (κ2) is 6.50. The van der Waals surface area contributed by atoms with Gasteiger partial charge in [-0.2, -0.15) is 0 Å². The van der Waals surface area contributed by atoms with Gasteiger partial charge in [0.15, 0.2) is 0 Å². The molecule has 0 unspecified atom stereocenters. The SMILES string of the molecule is C#CCN(CCC(=O)O)c1ccc(N(C)C)nc1. The highest BCUT2D eigenvalue weighted by molar-refractivity contribution is 5.67. The van der Waals surface area contributed by atoms with Crippen LogP contribution in [0.4, 0.5) is 11.5 Å². The molecule has 96 valence electrons. The number of aromatic nitrogens is 1. The van der Waals surface area contributed by atoms with Gasteiger partial charge in [-0.05, 0) is 12.1 Å². The summed E-state index contributed by atoms with van der Waals surface area (Å²) in [5.41, 5.74) is 0.833. The number of terminal acetylenes is 1.